The molecule has 0 aromatic heterocycles. The van der Waals surface area contributed by atoms with E-state index in [4.69, 9.17) is 0 Å². The second kappa shape index (κ2) is 14.9. The van der Waals surface area contributed by atoms with Crippen molar-refractivity contribution < 1.29 is 0 Å². The van der Waals surface area contributed by atoms with Gasteiger partial charge in [0.2, 0.25) is 0 Å². The molecule has 0 bridgehead atoms. The van der Waals surface area contributed by atoms with Gasteiger partial charge in [-0.1, -0.05) is 146 Å². The van der Waals surface area contributed by atoms with Crippen LogP contribution in [0.1, 0.15) is 61.0 Å². The molecule has 38 heavy (non-hydrogen) atoms. The second-order valence-corrected chi connectivity index (χ2v) is 9.91. The van der Waals surface area contributed by atoms with Gasteiger partial charge in [0.25, 0.3) is 0 Å². The summed E-state index contributed by atoms with van der Waals surface area (Å²) in [7, 11) is 0. The lowest BCUT2D eigenvalue weighted by Gasteiger charge is -2.33. The maximum absolute atomic E-state index is 3.98. The first kappa shape index (κ1) is 27.3. The van der Waals surface area contributed by atoms with Gasteiger partial charge < -0.3 is 10.6 Å². The first-order valence-corrected chi connectivity index (χ1v) is 13.7. The van der Waals surface area contributed by atoms with Crippen LogP contribution in [0.2, 0.25) is 0 Å². The molecule has 4 aromatic carbocycles. The van der Waals surface area contributed by atoms with Crippen LogP contribution in [0, 0.1) is 0 Å². The fraction of sp³-hybridized carbons (Fsp3) is 0.222. The van der Waals surface area contributed by atoms with Gasteiger partial charge in [-0.15, -0.1) is 0 Å². The summed E-state index contributed by atoms with van der Waals surface area (Å²) in [6.45, 7) is 4.53. The van der Waals surface area contributed by atoms with Crippen molar-refractivity contribution in [1.29, 1.82) is 0 Å². The summed E-state index contributed by atoms with van der Waals surface area (Å²) in [5, 5.41) is 7.95. The van der Waals surface area contributed by atoms with E-state index in [9.17, 15) is 0 Å². The average molecular weight is 501 g/mol. The maximum Gasteiger partial charge on any atom is 0.0295 e. The summed E-state index contributed by atoms with van der Waals surface area (Å²) in [6.07, 6.45) is 10.9. The summed E-state index contributed by atoms with van der Waals surface area (Å²) in [5.74, 6) is 0. The Labute approximate surface area is 229 Å². The fourth-order valence-electron chi connectivity index (χ4n) is 4.84. The van der Waals surface area contributed by atoms with Gasteiger partial charge in [0.1, 0.15) is 0 Å². The van der Waals surface area contributed by atoms with Crippen molar-refractivity contribution in [2.75, 3.05) is 0 Å². The van der Waals surface area contributed by atoms with E-state index in [-0.39, 0.29) is 24.2 Å². The molecule has 4 aromatic rings. The highest BCUT2D eigenvalue weighted by molar-refractivity contribution is 5.49. The molecule has 2 heteroatoms. The van der Waals surface area contributed by atoms with Crippen molar-refractivity contribution >= 4 is 12.2 Å². The van der Waals surface area contributed by atoms with Gasteiger partial charge in [-0.25, -0.2) is 0 Å². The number of rotatable bonds is 13. The third kappa shape index (κ3) is 8.69. The lowest BCUT2D eigenvalue weighted by Crippen LogP contribution is -2.49. The van der Waals surface area contributed by atoms with E-state index < -0.39 is 0 Å². The Morgan fingerprint density at radius 1 is 0.474 bits per heavy atom. The van der Waals surface area contributed by atoms with E-state index in [1.54, 1.807) is 0 Å². The number of nitrogens with one attached hydrogen (secondary N) is 2. The molecule has 2 nitrogen and oxygen atoms in total. The normalized spacial score (nSPS) is 14.9. The minimum absolute atomic E-state index is 0.233. The SMILES string of the molecule is C[C@H](N[C@H](C/C=C/c1ccccc1)[C@@H](C/C=C/c1ccccc1)N[C@@H](C)c1ccccc1)c1ccccc1. The molecule has 0 saturated heterocycles. The summed E-state index contributed by atoms with van der Waals surface area (Å²) in [5.41, 5.74) is 5.07. The lowest BCUT2D eigenvalue weighted by atomic mass is 9.96. The van der Waals surface area contributed by atoms with Gasteiger partial charge in [0.05, 0.1) is 0 Å². The van der Waals surface area contributed by atoms with Gasteiger partial charge in [0, 0.05) is 24.2 Å². The Bertz CT molecular complexity index is 1130. The van der Waals surface area contributed by atoms with Crippen LogP contribution in [-0.2, 0) is 0 Å². The Kier molecular flexibility index (Phi) is 10.7. The van der Waals surface area contributed by atoms with Crippen molar-refractivity contribution in [3.63, 3.8) is 0 Å². The third-order valence-electron chi connectivity index (χ3n) is 7.01. The zero-order chi connectivity index (χ0) is 26.4. The zero-order valence-electron chi connectivity index (χ0n) is 22.6. The smallest absolute Gasteiger partial charge is 0.0295 e. The first-order valence-electron chi connectivity index (χ1n) is 13.7. The van der Waals surface area contributed by atoms with E-state index in [0.717, 1.165) is 12.8 Å². The molecule has 2 N–H and O–H groups in total. The quantitative estimate of drug-likeness (QED) is 0.192. The third-order valence-corrected chi connectivity index (χ3v) is 7.01. The molecular weight excluding hydrogens is 460 g/mol. The molecule has 0 radical (unpaired) electrons. The highest BCUT2D eigenvalue weighted by Gasteiger charge is 2.23. The molecule has 0 unspecified atom stereocenters. The van der Waals surface area contributed by atoms with Gasteiger partial charge in [0.15, 0.2) is 0 Å². The highest BCUT2D eigenvalue weighted by Crippen LogP contribution is 2.20. The fourth-order valence-corrected chi connectivity index (χ4v) is 4.84. The summed E-state index contributed by atoms with van der Waals surface area (Å²) < 4.78 is 0. The first-order chi connectivity index (χ1) is 18.7. The van der Waals surface area contributed by atoms with Gasteiger partial charge in [-0.05, 0) is 48.9 Å². The van der Waals surface area contributed by atoms with Crippen LogP contribution in [0.25, 0.3) is 12.2 Å². The predicted molar refractivity (Wildman–Crippen MR) is 164 cm³/mol. The van der Waals surface area contributed by atoms with E-state index in [1.165, 1.54) is 22.3 Å². The van der Waals surface area contributed by atoms with Gasteiger partial charge in [-0.3, -0.25) is 0 Å². The molecule has 0 aliphatic heterocycles. The molecule has 0 heterocycles. The molecule has 0 spiro atoms. The van der Waals surface area contributed by atoms with Crippen molar-refractivity contribution in [2.24, 2.45) is 0 Å². The van der Waals surface area contributed by atoms with E-state index in [0.29, 0.717) is 0 Å². The van der Waals surface area contributed by atoms with Crippen LogP contribution in [0.4, 0.5) is 0 Å². The van der Waals surface area contributed by atoms with Crippen molar-refractivity contribution in [3.05, 3.63) is 156 Å². The Morgan fingerprint density at radius 2 is 0.789 bits per heavy atom. The maximum atomic E-state index is 3.98. The number of benzene rings is 4. The topological polar surface area (TPSA) is 24.1 Å². The summed E-state index contributed by atoms with van der Waals surface area (Å²) >= 11 is 0. The molecule has 0 aliphatic rings. The van der Waals surface area contributed by atoms with Crippen molar-refractivity contribution in [2.45, 2.75) is 50.9 Å². The largest absolute Gasteiger partial charge is 0.306 e. The van der Waals surface area contributed by atoms with E-state index >= 15 is 0 Å². The monoisotopic (exact) mass is 500 g/mol. The molecule has 4 atom stereocenters. The van der Waals surface area contributed by atoms with Crippen LogP contribution in [0.5, 0.6) is 0 Å². The van der Waals surface area contributed by atoms with Gasteiger partial charge >= 0.3 is 0 Å². The molecular formula is C36H40N2. The van der Waals surface area contributed by atoms with Gasteiger partial charge in [-0.2, -0.15) is 0 Å². The molecule has 0 saturated carbocycles. The van der Waals surface area contributed by atoms with E-state index in [1.807, 2.05) is 0 Å². The minimum atomic E-state index is 0.233. The van der Waals surface area contributed by atoms with Crippen LogP contribution < -0.4 is 10.6 Å². The standard InChI is InChI=1S/C36H40N2/c1-29(33-23-11-5-12-24-33)37-35(27-15-21-31-17-7-3-8-18-31)36(28-16-22-32-19-9-4-10-20-32)38-30(2)34-25-13-6-14-26-34/h3-26,29-30,35-38H,27-28H2,1-2H3/b21-15+,22-16+/t29-,30-,35+,36+/m0/s1. The van der Waals surface area contributed by atoms with Crippen molar-refractivity contribution in [1.82, 2.24) is 10.6 Å². The summed E-state index contributed by atoms with van der Waals surface area (Å²) in [4.78, 5) is 0. The van der Waals surface area contributed by atoms with Crippen molar-refractivity contribution in [3.8, 4) is 0 Å². The number of hydrogen-bond donors (Lipinski definition) is 2. The Hall–Kier alpha value is -3.72. The Balaban J connectivity index is 1.58. The predicted octanol–water partition coefficient (Wildman–Crippen LogP) is 8.63. The van der Waals surface area contributed by atoms with E-state index in [2.05, 4.69) is 170 Å². The van der Waals surface area contributed by atoms with Crippen LogP contribution in [-0.4, -0.2) is 12.1 Å². The zero-order valence-corrected chi connectivity index (χ0v) is 22.6. The molecule has 194 valence electrons. The lowest BCUT2D eigenvalue weighted by molar-refractivity contribution is 0.324. The van der Waals surface area contributed by atoms with Crippen LogP contribution in [0.15, 0.2) is 133 Å². The van der Waals surface area contributed by atoms with Crippen LogP contribution in [0.3, 0.4) is 0 Å². The van der Waals surface area contributed by atoms with Crippen LogP contribution >= 0.6 is 0 Å². The molecule has 4 rings (SSSR count). The molecule has 0 amide bonds. The molecule has 0 fully saturated rings. The Morgan fingerprint density at radius 3 is 1.13 bits per heavy atom. The molecule has 0 aliphatic carbocycles. The second-order valence-electron chi connectivity index (χ2n) is 9.91. The minimum Gasteiger partial charge on any atom is -0.306 e. The summed E-state index contributed by atoms with van der Waals surface area (Å²) in [6, 6.07) is 43.5. The number of hydrogen-bond acceptors (Lipinski definition) is 2. The highest BCUT2D eigenvalue weighted by atomic mass is 15.0. The average Bonchev–Trinajstić information content (AvgIpc) is 2.98.